The molecule has 2 aliphatic rings. The molecule has 2 rings (SSSR count). The summed E-state index contributed by atoms with van der Waals surface area (Å²) in [4.78, 5) is 14.2. The topological polar surface area (TPSA) is 41.6 Å². The molecule has 1 N–H and O–H groups in total. The van der Waals surface area contributed by atoms with E-state index in [2.05, 4.69) is 24.1 Å². The second-order valence-corrected chi connectivity index (χ2v) is 6.48. The molecule has 1 saturated heterocycles. The molecule has 0 radical (unpaired) electrons. The molecule has 0 amide bonds. The van der Waals surface area contributed by atoms with E-state index in [1.807, 2.05) is 0 Å². The third-order valence-corrected chi connectivity index (χ3v) is 4.86. The zero-order valence-electron chi connectivity index (χ0n) is 12.6. The van der Waals surface area contributed by atoms with Crippen molar-refractivity contribution < 1.29 is 9.53 Å². The molecule has 1 aliphatic heterocycles. The fraction of sp³-hybridized carbons (Fsp3) is 0.933. The standard InChI is InChI=1S/C15H28N2O2/c1-4-15(2)7-9-17(10-8-15)11-13(14(18)19-3)16-12-5-6-12/h12-13,16H,4-11H2,1-3H3. The maximum atomic E-state index is 11.8. The zero-order chi connectivity index (χ0) is 13.9. The van der Waals surface area contributed by atoms with E-state index in [1.165, 1.54) is 39.2 Å². The van der Waals surface area contributed by atoms with Gasteiger partial charge in [0, 0.05) is 12.6 Å². The summed E-state index contributed by atoms with van der Waals surface area (Å²) in [5.41, 5.74) is 0.501. The molecule has 1 saturated carbocycles. The average molecular weight is 268 g/mol. The molecule has 0 bridgehead atoms. The van der Waals surface area contributed by atoms with Crippen LogP contribution in [-0.2, 0) is 9.53 Å². The van der Waals surface area contributed by atoms with Crippen molar-refractivity contribution in [1.82, 2.24) is 10.2 Å². The van der Waals surface area contributed by atoms with E-state index in [-0.39, 0.29) is 12.0 Å². The van der Waals surface area contributed by atoms with Gasteiger partial charge in [-0.25, -0.2) is 0 Å². The number of nitrogens with zero attached hydrogens (tertiary/aromatic N) is 1. The fourth-order valence-electron chi connectivity index (χ4n) is 2.76. The number of ether oxygens (including phenoxy) is 1. The Morgan fingerprint density at radius 2 is 2.05 bits per heavy atom. The molecule has 110 valence electrons. The predicted molar refractivity (Wildman–Crippen MR) is 76.0 cm³/mol. The van der Waals surface area contributed by atoms with Crippen LogP contribution < -0.4 is 5.32 Å². The Labute approximate surface area is 116 Å². The number of hydrogen-bond donors (Lipinski definition) is 1. The van der Waals surface area contributed by atoms with Gasteiger partial charge in [0.05, 0.1) is 7.11 Å². The largest absolute Gasteiger partial charge is 0.468 e. The van der Waals surface area contributed by atoms with Crippen molar-refractivity contribution in [2.75, 3.05) is 26.7 Å². The molecule has 19 heavy (non-hydrogen) atoms. The lowest BCUT2D eigenvalue weighted by molar-refractivity contribution is -0.143. The third-order valence-electron chi connectivity index (χ3n) is 4.86. The highest BCUT2D eigenvalue weighted by atomic mass is 16.5. The van der Waals surface area contributed by atoms with Gasteiger partial charge >= 0.3 is 5.97 Å². The third kappa shape index (κ3) is 4.18. The van der Waals surface area contributed by atoms with E-state index in [0.29, 0.717) is 11.5 Å². The lowest BCUT2D eigenvalue weighted by atomic mass is 9.78. The Morgan fingerprint density at radius 1 is 1.42 bits per heavy atom. The van der Waals surface area contributed by atoms with Crippen LogP contribution >= 0.6 is 0 Å². The Morgan fingerprint density at radius 3 is 2.53 bits per heavy atom. The number of likely N-dealkylation sites (tertiary alicyclic amines) is 1. The molecule has 0 spiro atoms. The van der Waals surface area contributed by atoms with Crippen LogP contribution in [0.15, 0.2) is 0 Å². The van der Waals surface area contributed by atoms with Crippen molar-refractivity contribution in [3.05, 3.63) is 0 Å². The van der Waals surface area contributed by atoms with Crippen LogP contribution in [0.25, 0.3) is 0 Å². The first kappa shape index (κ1) is 14.8. The summed E-state index contributed by atoms with van der Waals surface area (Å²) in [6, 6.07) is 0.387. The Hall–Kier alpha value is -0.610. The van der Waals surface area contributed by atoms with Crippen LogP contribution in [0.5, 0.6) is 0 Å². The predicted octanol–water partition coefficient (Wildman–Crippen LogP) is 1.79. The van der Waals surface area contributed by atoms with E-state index < -0.39 is 0 Å². The van der Waals surface area contributed by atoms with Crippen molar-refractivity contribution >= 4 is 5.97 Å². The van der Waals surface area contributed by atoms with E-state index in [9.17, 15) is 4.79 Å². The van der Waals surface area contributed by atoms with Gasteiger partial charge in [-0.1, -0.05) is 20.3 Å². The molecule has 1 unspecified atom stereocenters. The minimum atomic E-state index is -0.150. The molecule has 1 heterocycles. The van der Waals surface area contributed by atoms with E-state index >= 15 is 0 Å². The number of carbonyl (C=O) groups excluding carboxylic acids is 1. The van der Waals surface area contributed by atoms with Gasteiger partial charge in [-0.05, 0) is 44.2 Å². The minimum absolute atomic E-state index is 0.115. The van der Waals surface area contributed by atoms with Crippen molar-refractivity contribution in [3.8, 4) is 0 Å². The fourth-order valence-corrected chi connectivity index (χ4v) is 2.76. The van der Waals surface area contributed by atoms with Gasteiger partial charge in [0.1, 0.15) is 6.04 Å². The van der Waals surface area contributed by atoms with Crippen LogP contribution in [0, 0.1) is 5.41 Å². The Kier molecular flexibility index (Phi) is 4.85. The summed E-state index contributed by atoms with van der Waals surface area (Å²) in [5.74, 6) is -0.115. The van der Waals surface area contributed by atoms with Gasteiger partial charge in [-0.3, -0.25) is 4.79 Å². The van der Waals surface area contributed by atoms with Crippen molar-refractivity contribution in [1.29, 1.82) is 0 Å². The average Bonchev–Trinajstić information content (AvgIpc) is 3.24. The first-order chi connectivity index (χ1) is 9.06. The van der Waals surface area contributed by atoms with Gasteiger partial charge in [-0.15, -0.1) is 0 Å². The van der Waals surface area contributed by atoms with Crippen LogP contribution in [0.3, 0.4) is 0 Å². The molecule has 0 aromatic rings. The highest BCUT2D eigenvalue weighted by molar-refractivity contribution is 5.76. The van der Waals surface area contributed by atoms with E-state index in [4.69, 9.17) is 4.74 Å². The quantitative estimate of drug-likeness (QED) is 0.746. The van der Waals surface area contributed by atoms with Crippen molar-refractivity contribution in [3.63, 3.8) is 0 Å². The maximum Gasteiger partial charge on any atom is 0.324 e. The highest BCUT2D eigenvalue weighted by Crippen LogP contribution is 2.33. The molecule has 4 nitrogen and oxygen atoms in total. The first-order valence-corrected chi connectivity index (χ1v) is 7.62. The zero-order valence-corrected chi connectivity index (χ0v) is 12.6. The number of esters is 1. The number of carbonyl (C=O) groups is 1. The Bertz CT molecular complexity index is 307. The molecule has 2 fully saturated rings. The van der Waals surface area contributed by atoms with Crippen LogP contribution in [0.2, 0.25) is 0 Å². The number of methoxy groups -OCH3 is 1. The molecule has 1 atom stereocenters. The van der Waals surface area contributed by atoms with Crippen LogP contribution in [0.4, 0.5) is 0 Å². The summed E-state index contributed by atoms with van der Waals surface area (Å²) in [6.45, 7) is 7.66. The monoisotopic (exact) mass is 268 g/mol. The summed E-state index contributed by atoms with van der Waals surface area (Å²) in [7, 11) is 1.48. The van der Waals surface area contributed by atoms with Gasteiger partial charge in [0.2, 0.25) is 0 Å². The van der Waals surface area contributed by atoms with E-state index in [0.717, 1.165) is 19.6 Å². The first-order valence-electron chi connectivity index (χ1n) is 7.62. The maximum absolute atomic E-state index is 11.8. The van der Waals surface area contributed by atoms with Gasteiger partial charge in [0.25, 0.3) is 0 Å². The second-order valence-electron chi connectivity index (χ2n) is 6.48. The van der Waals surface area contributed by atoms with Crippen molar-refractivity contribution in [2.45, 2.75) is 58.0 Å². The molecular weight excluding hydrogens is 240 g/mol. The number of hydrogen-bond acceptors (Lipinski definition) is 4. The Balaban J connectivity index is 1.82. The summed E-state index contributed by atoms with van der Waals surface area (Å²) in [6.07, 6.45) is 6.12. The second kappa shape index (κ2) is 6.23. The molecular formula is C15H28N2O2. The number of rotatable bonds is 6. The van der Waals surface area contributed by atoms with Crippen LogP contribution in [-0.4, -0.2) is 49.7 Å². The molecule has 0 aromatic heterocycles. The normalized spacial score (nSPS) is 25.0. The SMILES string of the molecule is CCC1(C)CCN(CC(NC2CC2)C(=O)OC)CC1. The van der Waals surface area contributed by atoms with Gasteiger partial charge < -0.3 is 15.0 Å². The van der Waals surface area contributed by atoms with E-state index in [1.54, 1.807) is 0 Å². The van der Waals surface area contributed by atoms with Gasteiger partial charge in [-0.2, -0.15) is 0 Å². The summed E-state index contributed by atoms with van der Waals surface area (Å²) < 4.78 is 4.92. The minimum Gasteiger partial charge on any atom is -0.468 e. The van der Waals surface area contributed by atoms with Crippen molar-refractivity contribution in [2.24, 2.45) is 5.41 Å². The lowest BCUT2D eigenvalue weighted by Gasteiger charge is -2.39. The molecule has 0 aromatic carbocycles. The summed E-state index contributed by atoms with van der Waals surface area (Å²) >= 11 is 0. The molecule has 4 heteroatoms. The number of piperidine rings is 1. The van der Waals surface area contributed by atoms with Crippen LogP contribution in [0.1, 0.15) is 46.0 Å². The molecule has 1 aliphatic carbocycles. The lowest BCUT2D eigenvalue weighted by Crippen LogP contribution is -2.50. The highest BCUT2D eigenvalue weighted by Gasteiger charge is 2.33. The summed E-state index contributed by atoms with van der Waals surface area (Å²) in [5, 5.41) is 3.41. The number of nitrogens with one attached hydrogen (secondary N) is 1. The van der Waals surface area contributed by atoms with Gasteiger partial charge in [0.15, 0.2) is 0 Å². The smallest absolute Gasteiger partial charge is 0.324 e.